The molecule has 11 nitrogen and oxygen atoms in total. The lowest BCUT2D eigenvalue weighted by Crippen LogP contribution is -2.65. The summed E-state index contributed by atoms with van der Waals surface area (Å²) in [6.45, 7) is 8.45. The van der Waals surface area contributed by atoms with E-state index in [-0.39, 0.29) is 35.3 Å². The summed E-state index contributed by atoms with van der Waals surface area (Å²) in [6.07, 6.45) is 2.02. The molecule has 2 aliphatic rings. The van der Waals surface area contributed by atoms with Gasteiger partial charge in [0.2, 0.25) is 5.95 Å². The number of alkyl halides is 3. The van der Waals surface area contributed by atoms with Crippen LogP contribution in [0, 0.1) is 11.9 Å². The van der Waals surface area contributed by atoms with Gasteiger partial charge in [-0.2, -0.15) is 27.5 Å². The molecule has 15 heteroatoms. The first kappa shape index (κ1) is 29.7. The van der Waals surface area contributed by atoms with E-state index in [1.807, 2.05) is 0 Å². The number of likely N-dealkylation sites (tertiary alicyclic amines) is 1. The summed E-state index contributed by atoms with van der Waals surface area (Å²) in [5, 5.41) is 0.571. The van der Waals surface area contributed by atoms with E-state index in [0.717, 1.165) is 42.3 Å². The Hall–Kier alpha value is -4.40. The zero-order valence-electron chi connectivity index (χ0n) is 24.2. The molecular weight excluding hydrogens is 582 g/mol. The maximum atomic E-state index is 13.8. The number of hydrogen-bond acceptors (Lipinski definition) is 9. The van der Waals surface area contributed by atoms with Gasteiger partial charge in [-0.25, -0.2) is 9.78 Å². The predicted octanol–water partition coefficient (Wildman–Crippen LogP) is 4.34. The molecule has 4 aromatic rings. The quantitative estimate of drug-likeness (QED) is 0.269. The summed E-state index contributed by atoms with van der Waals surface area (Å²) in [6, 6.07) is 2.21. The van der Waals surface area contributed by atoms with Gasteiger partial charge in [0.1, 0.15) is 18.8 Å². The number of hydrogen-bond donors (Lipinski definition) is 0. The van der Waals surface area contributed by atoms with Crippen molar-refractivity contribution >= 4 is 22.8 Å². The molecule has 2 aliphatic heterocycles. The van der Waals surface area contributed by atoms with Crippen LogP contribution in [0.2, 0.25) is 0 Å². The van der Waals surface area contributed by atoms with Gasteiger partial charge in [0.25, 0.3) is 0 Å². The second kappa shape index (κ2) is 11.9. The number of rotatable bonds is 8. The molecule has 0 saturated carbocycles. The Morgan fingerprint density at radius 2 is 1.95 bits per heavy atom. The van der Waals surface area contributed by atoms with Gasteiger partial charge >= 0.3 is 18.2 Å². The highest BCUT2D eigenvalue weighted by Crippen LogP contribution is 2.39. The number of carbonyl (C=O) groups excluding carboxylic acids is 1. The lowest BCUT2D eigenvalue weighted by atomic mass is 9.83. The van der Waals surface area contributed by atoms with E-state index in [1.165, 1.54) is 18.6 Å². The normalized spacial score (nSPS) is 18.4. The van der Waals surface area contributed by atoms with Crippen molar-refractivity contribution in [1.82, 2.24) is 39.3 Å². The summed E-state index contributed by atoms with van der Waals surface area (Å²) in [5.41, 5.74) is -0.512. The first-order valence-corrected chi connectivity index (χ1v) is 14.5. The molecule has 6 rings (SSSR count). The number of pyridine rings is 2. The Bertz CT molecular complexity index is 1660. The molecule has 1 amide bonds. The van der Waals surface area contributed by atoms with Crippen molar-refractivity contribution < 1.29 is 27.1 Å². The van der Waals surface area contributed by atoms with Crippen LogP contribution in [-0.2, 0) is 6.18 Å². The van der Waals surface area contributed by atoms with Crippen molar-refractivity contribution in [1.29, 1.82) is 0 Å². The third-order valence-electron chi connectivity index (χ3n) is 8.32. The monoisotopic (exact) mass is 613 g/mol. The SMILES string of the molecule is CCN(CC)CCOc1nc(N2CCC3C(C2)CN3C(=O)n2cnc(F)c2)c2cnc(-c3cnccc3C(F)(F)F)cc2n1. The fraction of sp³-hybridized carbons (Fsp3) is 0.448. The summed E-state index contributed by atoms with van der Waals surface area (Å²) in [5.74, 6) is -0.00459. The van der Waals surface area contributed by atoms with Crippen molar-refractivity contribution in [3.8, 4) is 17.3 Å². The van der Waals surface area contributed by atoms with Crippen molar-refractivity contribution in [2.24, 2.45) is 5.92 Å². The van der Waals surface area contributed by atoms with Crippen LogP contribution in [0.3, 0.4) is 0 Å². The lowest BCUT2D eigenvalue weighted by molar-refractivity contribution is -0.137. The Kier molecular flexibility index (Phi) is 8.05. The second-order valence-corrected chi connectivity index (χ2v) is 10.8. The summed E-state index contributed by atoms with van der Waals surface area (Å²) in [4.78, 5) is 39.9. The van der Waals surface area contributed by atoms with Crippen LogP contribution in [0.5, 0.6) is 6.01 Å². The van der Waals surface area contributed by atoms with E-state index in [4.69, 9.17) is 9.72 Å². The van der Waals surface area contributed by atoms with Gasteiger partial charge in [-0.1, -0.05) is 13.8 Å². The van der Waals surface area contributed by atoms with Gasteiger partial charge in [0, 0.05) is 62.3 Å². The molecular formula is C29H31F4N9O2. The van der Waals surface area contributed by atoms with Gasteiger partial charge in [-0.05, 0) is 31.6 Å². The predicted molar refractivity (Wildman–Crippen MR) is 153 cm³/mol. The van der Waals surface area contributed by atoms with Crippen LogP contribution in [-0.4, -0.2) is 97.2 Å². The number of anilines is 1. The minimum absolute atomic E-state index is 0.0156. The van der Waals surface area contributed by atoms with E-state index < -0.39 is 17.7 Å². The fourth-order valence-electron chi connectivity index (χ4n) is 5.92. The molecule has 2 unspecified atom stereocenters. The molecule has 44 heavy (non-hydrogen) atoms. The molecule has 0 N–H and O–H groups in total. The zero-order chi connectivity index (χ0) is 31.0. The van der Waals surface area contributed by atoms with Crippen LogP contribution < -0.4 is 9.64 Å². The molecule has 0 aliphatic carbocycles. The zero-order valence-corrected chi connectivity index (χ0v) is 24.2. The van der Waals surface area contributed by atoms with Gasteiger partial charge in [-0.15, -0.1) is 0 Å². The standard InChI is InChI=1S/C29H31F4N9O2/c1-3-39(4-2)9-10-44-27-37-23-11-22(19-12-34-7-5-21(19)29(31,32)33)35-13-20(23)26(38-27)40-8-6-24-18(14-40)15-42(24)28(43)41-16-25(30)36-17-41/h5,7,11-13,16-18,24H,3-4,6,8-10,14-15H2,1-2H3. The number of nitrogens with zero attached hydrogens (tertiary/aromatic N) is 9. The minimum atomic E-state index is -4.58. The average Bonchev–Trinajstić information content (AvgIpc) is 3.45. The highest BCUT2D eigenvalue weighted by Gasteiger charge is 2.46. The molecule has 0 spiro atoms. The van der Waals surface area contributed by atoms with Crippen molar-refractivity contribution in [2.75, 3.05) is 50.8 Å². The molecule has 0 aromatic carbocycles. The summed E-state index contributed by atoms with van der Waals surface area (Å²) < 4.78 is 61.8. The third-order valence-corrected chi connectivity index (χ3v) is 8.32. The highest BCUT2D eigenvalue weighted by molar-refractivity contribution is 5.91. The Balaban J connectivity index is 1.29. The lowest BCUT2D eigenvalue weighted by Gasteiger charge is -2.53. The molecule has 2 saturated heterocycles. The number of piperidine rings is 1. The van der Waals surface area contributed by atoms with E-state index in [0.29, 0.717) is 55.9 Å². The van der Waals surface area contributed by atoms with Crippen molar-refractivity contribution in [2.45, 2.75) is 32.5 Å². The number of imidazole rings is 1. The van der Waals surface area contributed by atoms with Crippen LogP contribution >= 0.6 is 0 Å². The van der Waals surface area contributed by atoms with Gasteiger partial charge in [-0.3, -0.25) is 14.5 Å². The Morgan fingerprint density at radius 1 is 1.14 bits per heavy atom. The first-order chi connectivity index (χ1) is 21.2. The molecule has 4 aromatic heterocycles. The van der Waals surface area contributed by atoms with Gasteiger partial charge < -0.3 is 19.4 Å². The largest absolute Gasteiger partial charge is 0.462 e. The van der Waals surface area contributed by atoms with E-state index >= 15 is 0 Å². The molecule has 2 atom stereocenters. The number of carbonyl (C=O) groups is 1. The average molecular weight is 614 g/mol. The number of amides is 1. The first-order valence-electron chi connectivity index (χ1n) is 14.5. The number of likely N-dealkylation sites (N-methyl/N-ethyl adjacent to an activating group) is 1. The molecule has 0 bridgehead atoms. The summed E-state index contributed by atoms with van der Waals surface area (Å²) >= 11 is 0. The maximum Gasteiger partial charge on any atom is 0.417 e. The summed E-state index contributed by atoms with van der Waals surface area (Å²) in [7, 11) is 0. The molecule has 0 radical (unpaired) electrons. The maximum absolute atomic E-state index is 13.8. The van der Waals surface area contributed by atoms with Crippen LogP contribution in [0.15, 0.2) is 43.2 Å². The number of halogens is 4. The smallest absolute Gasteiger partial charge is 0.417 e. The van der Waals surface area contributed by atoms with E-state index in [9.17, 15) is 22.4 Å². The minimum Gasteiger partial charge on any atom is -0.462 e. The van der Waals surface area contributed by atoms with Crippen LogP contribution in [0.4, 0.5) is 28.2 Å². The van der Waals surface area contributed by atoms with E-state index in [1.54, 1.807) is 4.90 Å². The fourth-order valence-corrected chi connectivity index (χ4v) is 5.92. The van der Waals surface area contributed by atoms with Crippen molar-refractivity contribution in [3.05, 3.63) is 54.8 Å². The highest BCUT2D eigenvalue weighted by atomic mass is 19.4. The number of aromatic nitrogens is 6. The molecule has 6 heterocycles. The van der Waals surface area contributed by atoms with Gasteiger partial charge in [0.05, 0.1) is 28.4 Å². The second-order valence-electron chi connectivity index (χ2n) is 10.8. The van der Waals surface area contributed by atoms with Crippen molar-refractivity contribution in [3.63, 3.8) is 0 Å². The van der Waals surface area contributed by atoms with Crippen LogP contribution in [0.25, 0.3) is 22.2 Å². The van der Waals surface area contributed by atoms with Gasteiger partial charge in [0.15, 0.2) is 0 Å². The Labute approximate surface area is 250 Å². The molecule has 2 fully saturated rings. The Morgan fingerprint density at radius 3 is 2.66 bits per heavy atom. The topological polar surface area (TPSA) is 105 Å². The third kappa shape index (κ3) is 5.75. The van der Waals surface area contributed by atoms with E-state index in [2.05, 4.69) is 43.6 Å². The number of ether oxygens (including phenoxy) is 1. The van der Waals surface area contributed by atoms with Crippen LogP contribution in [0.1, 0.15) is 25.8 Å². The number of fused-ring (bicyclic) bond motifs is 2. The molecule has 232 valence electrons.